The van der Waals surface area contributed by atoms with Crippen molar-refractivity contribution in [3.63, 3.8) is 0 Å². The molecule has 3 aromatic carbocycles. The molecule has 1 aromatic heterocycles. The van der Waals surface area contributed by atoms with Crippen LogP contribution in [-0.4, -0.2) is 17.1 Å². The third-order valence-corrected chi connectivity index (χ3v) is 5.39. The molecule has 0 unspecified atom stereocenters. The molecule has 4 rings (SSSR count). The van der Waals surface area contributed by atoms with Crippen molar-refractivity contribution >= 4 is 38.6 Å². The zero-order valence-electron chi connectivity index (χ0n) is 17.1. The van der Waals surface area contributed by atoms with Crippen molar-refractivity contribution in [2.45, 2.75) is 13.5 Å². The van der Waals surface area contributed by atoms with Gasteiger partial charge in [0.2, 0.25) is 0 Å². The molecule has 0 saturated heterocycles. The Labute approximate surface area is 189 Å². The van der Waals surface area contributed by atoms with Gasteiger partial charge >= 0.3 is 0 Å². The van der Waals surface area contributed by atoms with Gasteiger partial charge in [-0.2, -0.15) is 5.26 Å². The lowest BCUT2D eigenvalue weighted by atomic mass is 10.1. The largest absolute Gasteiger partial charge is 0.493 e. The minimum absolute atomic E-state index is 0.423. The fourth-order valence-corrected chi connectivity index (χ4v) is 3.84. The van der Waals surface area contributed by atoms with Crippen LogP contribution >= 0.6 is 15.9 Å². The van der Waals surface area contributed by atoms with Crippen molar-refractivity contribution in [3.05, 3.63) is 87.7 Å². The highest BCUT2D eigenvalue weighted by atomic mass is 79.9. The number of aromatic nitrogens is 2. The number of rotatable bonds is 6. The van der Waals surface area contributed by atoms with Crippen LogP contribution in [0.5, 0.6) is 11.5 Å². The van der Waals surface area contributed by atoms with Gasteiger partial charge in [-0.15, -0.1) is 0 Å². The molecule has 0 amide bonds. The summed E-state index contributed by atoms with van der Waals surface area (Å²) in [5.41, 5.74) is 5.15. The Kier molecular flexibility index (Phi) is 6.06. The zero-order chi connectivity index (χ0) is 21.8. The number of aromatic amines is 1. The predicted molar refractivity (Wildman–Crippen MR) is 126 cm³/mol. The molecule has 0 spiro atoms. The van der Waals surface area contributed by atoms with Gasteiger partial charge in [0.05, 0.1) is 28.2 Å². The predicted octanol–water partition coefficient (Wildman–Crippen LogP) is 6.29. The molecule has 1 heterocycles. The Balaban J connectivity index is 1.65. The molecule has 0 bridgehead atoms. The monoisotopic (exact) mass is 473 g/mol. The number of nitriles is 1. The maximum absolute atomic E-state index is 9.74. The molecule has 0 aliphatic carbocycles. The Morgan fingerprint density at radius 3 is 2.71 bits per heavy atom. The topological polar surface area (TPSA) is 70.9 Å². The summed E-state index contributed by atoms with van der Waals surface area (Å²) in [4.78, 5) is 7.78. The Hall–Kier alpha value is -3.56. The minimum Gasteiger partial charge on any atom is -0.493 e. The highest BCUT2D eigenvalue weighted by Crippen LogP contribution is 2.38. The maximum Gasteiger partial charge on any atom is 0.175 e. The van der Waals surface area contributed by atoms with Crippen LogP contribution in [0.25, 0.3) is 22.7 Å². The molecule has 1 N–H and O–H groups in total. The van der Waals surface area contributed by atoms with E-state index >= 15 is 0 Å². The summed E-state index contributed by atoms with van der Waals surface area (Å²) in [7, 11) is 1.59. The maximum atomic E-state index is 9.74. The molecule has 6 heteroatoms. The number of ether oxygens (including phenoxy) is 2. The standard InChI is InChI=1S/C25H20BrN3O2/c1-16-8-9-21-22(10-16)29-25(28-21)19(14-27)11-18-12-20(26)24(23(13-18)30-2)31-15-17-6-4-3-5-7-17/h3-13H,15H2,1-2H3,(H,28,29). The highest BCUT2D eigenvalue weighted by Gasteiger charge is 2.13. The van der Waals surface area contributed by atoms with E-state index in [4.69, 9.17) is 9.47 Å². The Bertz CT molecular complexity index is 1300. The molecule has 0 atom stereocenters. The number of H-pyrrole nitrogens is 1. The van der Waals surface area contributed by atoms with Crippen LogP contribution in [0.3, 0.4) is 0 Å². The average Bonchev–Trinajstić information content (AvgIpc) is 3.20. The number of imidazole rings is 1. The van der Waals surface area contributed by atoms with Crippen LogP contribution in [-0.2, 0) is 6.61 Å². The molecule has 31 heavy (non-hydrogen) atoms. The van der Waals surface area contributed by atoms with E-state index < -0.39 is 0 Å². The normalized spacial score (nSPS) is 11.4. The lowest BCUT2D eigenvalue weighted by molar-refractivity contribution is 0.282. The van der Waals surface area contributed by atoms with Crippen LogP contribution in [0.15, 0.2) is 65.1 Å². The number of aryl methyl sites for hydroxylation is 1. The van der Waals surface area contributed by atoms with E-state index in [0.29, 0.717) is 29.5 Å². The quantitative estimate of drug-likeness (QED) is 0.334. The van der Waals surface area contributed by atoms with Crippen molar-refractivity contribution in [1.29, 1.82) is 5.26 Å². The van der Waals surface area contributed by atoms with Gasteiger partial charge in [0.15, 0.2) is 11.5 Å². The summed E-state index contributed by atoms with van der Waals surface area (Å²) in [5.74, 6) is 1.72. The summed E-state index contributed by atoms with van der Waals surface area (Å²) in [6, 6.07) is 21.9. The van der Waals surface area contributed by atoms with Gasteiger partial charge < -0.3 is 14.5 Å². The van der Waals surface area contributed by atoms with E-state index in [9.17, 15) is 5.26 Å². The number of hydrogen-bond acceptors (Lipinski definition) is 4. The molecular formula is C25H20BrN3O2. The summed E-state index contributed by atoms with van der Waals surface area (Å²) in [5, 5.41) is 9.74. The SMILES string of the molecule is COc1cc(C=C(C#N)c2nc3ccc(C)cc3[nH]2)cc(Br)c1OCc1ccccc1. The van der Waals surface area contributed by atoms with Crippen LogP contribution in [0.2, 0.25) is 0 Å². The second kappa shape index (κ2) is 9.07. The number of nitrogens with zero attached hydrogens (tertiary/aromatic N) is 2. The van der Waals surface area contributed by atoms with Gasteiger partial charge in [-0.05, 0) is 69.9 Å². The summed E-state index contributed by atoms with van der Waals surface area (Å²) < 4.78 is 12.3. The van der Waals surface area contributed by atoms with E-state index in [2.05, 4.69) is 32.0 Å². The van der Waals surface area contributed by atoms with Gasteiger partial charge in [-0.25, -0.2) is 4.98 Å². The van der Waals surface area contributed by atoms with Crippen LogP contribution in [0.4, 0.5) is 0 Å². The second-order valence-electron chi connectivity index (χ2n) is 7.08. The van der Waals surface area contributed by atoms with E-state index in [1.165, 1.54) is 0 Å². The molecule has 0 radical (unpaired) electrons. The van der Waals surface area contributed by atoms with Crippen molar-refractivity contribution in [2.75, 3.05) is 7.11 Å². The molecule has 5 nitrogen and oxygen atoms in total. The van der Waals surface area contributed by atoms with Crippen molar-refractivity contribution in [3.8, 4) is 17.6 Å². The van der Waals surface area contributed by atoms with Gasteiger partial charge in [0.25, 0.3) is 0 Å². The number of hydrogen-bond donors (Lipinski definition) is 1. The second-order valence-corrected chi connectivity index (χ2v) is 7.94. The van der Waals surface area contributed by atoms with Crippen molar-refractivity contribution in [1.82, 2.24) is 9.97 Å². The zero-order valence-corrected chi connectivity index (χ0v) is 18.7. The van der Waals surface area contributed by atoms with Gasteiger partial charge in [-0.1, -0.05) is 36.4 Å². The molecule has 0 fully saturated rings. The number of allylic oxidation sites excluding steroid dienone is 1. The van der Waals surface area contributed by atoms with Gasteiger partial charge in [0.1, 0.15) is 18.5 Å². The van der Waals surface area contributed by atoms with Crippen molar-refractivity contribution < 1.29 is 9.47 Å². The molecule has 0 aliphatic heterocycles. The van der Waals surface area contributed by atoms with Gasteiger partial charge in [-0.3, -0.25) is 0 Å². The van der Waals surface area contributed by atoms with Crippen LogP contribution in [0, 0.1) is 18.3 Å². The molecule has 0 aliphatic rings. The first kappa shape index (κ1) is 20.7. The minimum atomic E-state index is 0.423. The fourth-order valence-electron chi connectivity index (χ4n) is 3.26. The smallest absolute Gasteiger partial charge is 0.175 e. The van der Waals surface area contributed by atoms with E-state index in [0.717, 1.165) is 32.2 Å². The van der Waals surface area contributed by atoms with Crippen molar-refractivity contribution in [2.24, 2.45) is 0 Å². The molecule has 4 aromatic rings. The first-order valence-electron chi connectivity index (χ1n) is 9.70. The molecule has 154 valence electrons. The number of halogens is 1. The summed E-state index contributed by atoms with van der Waals surface area (Å²) in [6.07, 6.45) is 1.78. The molecule has 0 saturated carbocycles. The Morgan fingerprint density at radius 1 is 1.16 bits per heavy atom. The number of methoxy groups -OCH3 is 1. The lowest BCUT2D eigenvalue weighted by Gasteiger charge is -2.14. The summed E-state index contributed by atoms with van der Waals surface area (Å²) >= 11 is 3.58. The number of fused-ring (bicyclic) bond motifs is 1. The van der Waals surface area contributed by atoms with E-state index in [-0.39, 0.29) is 0 Å². The first-order chi connectivity index (χ1) is 15.1. The third kappa shape index (κ3) is 4.62. The highest BCUT2D eigenvalue weighted by molar-refractivity contribution is 9.10. The fraction of sp³-hybridized carbons (Fsp3) is 0.120. The summed E-state index contributed by atoms with van der Waals surface area (Å²) in [6.45, 7) is 2.44. The number of benzene rings is 3. The molecular weight excluding hydrogens is 454 g/mol. The van der Waals surface area contributed by atoms with Crippen LogP contribution < -0.4 is 9.47 Å². The van der Waals surface area contributed by atoms with Crippen LogP contribution in [0.1, 0.15) is 22.5 Å². The Morgan fingerprint density at radius 2 is 1.97 bits per heavy atom. The lowest BCUT2D eigenvalue weighted by Crippen LogP contribution is -1.99. The number of nitrogens with one attached hydrogen (secondary N) is 1. The third-order valence-electron chi connectivity index (χ3n) is 4.80. The van der Waals surface area contributed by atoms with E-state index in [1.807, 2.05) is 67.6 Å². The van der Waals surface area contributed by atoms with E-state index in [1.54, 1.807) is 13.2 Å². The van der Waals surface area contributed by atoms with Gasteiger partial charge in [0, 0.05) is 0 Å². The first-order valence-corrected chi connectivity index (χ1v) is 10.5. The average molecular weight is 474 g/mol.